The SMILES string of the molecule is COc1cc2c(cc1OC)[C@@]13CCN4C(=O)C(=O)[C@H](C[C@@H]41)[C@H]1[C@@H](OCC(=O)O)CC(=O)N2[C@@H]13. The summed E-state index contributed by atoms with van der Waals surface area (Å²) in [5, 5.41) is 9.18. The predicted octanol–water partition coefficient (Wildman–Crippen LogP) is 0.350. The lowest BCUT2D eigenvalue weighted by Crippen LogP contribution is -2.71. The number of amides is 2. The Labute approximate surface area is 189 Å². The van der Waals surface area contributed by atoms with Crippen LogP contribution in [-0.4, -0.2) is 79.1 Å². The molecule has 6 atom stereocenters. The van der Waals surface area contributed by atoms with Crippen molar-refractivity contribution < 1.29 is 38.5 Å². The first-order chi connectivity index (χ1) is 15.8. The lowest BCUT2D eigenvalue weighted by Gasteiger charge is -2.57. The van der Waals surface area contributed by atoms with Gasteiger partial charge < -0.3 is 29.1 Å². The van der Waals surface area contributed by atoms with Gasteiger partial charge in [-0.05, 0) is 24.5 Å². The summed E-state index contributed by atoms with van der Waals surface area (Å²) in [5.41, 5.74) is 1.04. The molecular weight excluding hydrogens is 432 g/mol. The van der Waals surface area contributed by atoms with Crippen LogP contribution in [0.2, 0.25) is 0 Å². The molecule has 10 nitrogen and oxygen atoms in total. The van der Waals surface area contributed by atoms with E-state index in [1.807, 2.05) is 6.07 Å². The van der Waals surface area contributed by atoms with E-state index < -0.39 is 53.7 Å². The van der Waals surface area contributed by atoms with E-state index in [0.717, 1.165) is 5.56 Å². The number of ether oxygens (including phenoxy) is 3. The number of benzene rings is 1. The number of carbonyl (C=O) groups is 4. The number of aliphatic carboxylic acids is 1. The minimum absolute atomic E-state index is 0.0509. The first-order valence-electron chi connectivity index (χ1n) is 11.1. The van der Waals surface area contributed by atoms with Gasteiger partial charge in [0.05, 0.1) is 38.5 Å². The van der Waals surface area contributed by atoms with E-state index in [1.165, 1.54) is 7.11 Å². The fourth-order valence-corrected chi connectivity index (χ4v) is 7.35. The Hall–Kier alpha value is -3.14. The van der Waals surface area contributed by atoms with Crippen LogP contribution in [0.5, 0.6) is 11.5 Å². The van der Waals surface area contributed by atoms with Crippen molar-refractivity contribution in [3.8, 4) is 11.5 Å². The first-order valence-corrected chi connectivity index (χ1v) is 11.1. The molecule has 0 aromatic heterocycles. The predicted molar refractivity (Wildman–Crippen MR) is 111 cm³/mol. The molecule has 5 aliphatic rings. The summed E-state index contributed by atoms with van der Waals surface area (Å²) in [7, 11) is 3.08. The summed E-state index contributed by atoms with van der Waals surface area (Å²) in [6.07, 6.45) is 0.279. The van der Waals surface area contributed by atoms with Crippen LogP contribution >= 0.6 is 0 Å². The molecule has 0 unspecified atom stereocenters. The van der Waals surface area contributed by atoms with Crippen molar-refractivity contribution in [1.29, 1.82) is 0 Å². The van der Waals surface area contributed by atoms with Gasteiger partial charge in [-0.1, -0.05) is 0 Å². The summed E-state index contributed by atoms with van der Waals surface area (Å²) in [6.45, 7) is -0.130. The van der Waals surface area contributed by atoms with Gasteiger partial charge in [0.2, 0.25) is 11.7 Å². The Morgan fingerprint density at radius 2 is 1.91 bits per heavy atom. The van der Waals surface area contributed by atoms with Crippen molar-refractivity contribution in [2.45, 2.75) is 42.9 Å². The van der Waals surface area contributed by atoms with Crippen LogP contribution in [0, 0.1) is 11.8 Å². The summed E-state index contributed by atoms with van der Waals surface area (Å²) >= 11 is 0. The summed E-state index contributed by atoms with van der Waals surface area (Å²) in [6, 6.07) is 3.07. The number of carboxylic acids is 1. The third-order valence-corrected chi connectivity index (χ3v) is 8.42. The molecule has 33 heavy (non-hydrogen) atoms. The fourth-order valence-electron chi connectivity index (χ4n) is 7.35. The van der Waals surface area contributed by atoms with E-state index in [9.17, 15) is 24.3 Å². The Morgan fingerprint density at radius 1 is 1.18 bits per heavy atom. The Bertz CT molecular complexity index is 1120. The first kappa shape index (κ1) is 20.5. The molecule has 10 heteroatoms. The molecule has 1 spiro atoms. The molecule has 0 radical (unpaired) electrons. The van der Waals surface area contributed by atoms with Gasteiger partial charge in [-0.25, -0.2) is 4.79 Å². The number of methoxy groups -OCH3 is 2. The number of ketones is 1. The van der Waals surface area contributed by atoms with Crippen LogP contribution in [0.15, 0.2) is 12.1 Å². The highest BCUT2D eigenvalue weighted by Gasteiger charge is 2.73. The summed E-state index contributed by atoms with van der Waals surface area (Å²) < 4.78 is 16.8. The van der Waals surface area contributed by atoms with E-state index in [-0.39, 0.29) is 18.4 Å². The molecule has 6 rings (SSSR count). The number of nitrogens with zero attached hydrogens (tertiary/aromatic N) is 2. The van der Waals surface area contributed by atoms with Gasteiger partial charge in [0.25, 0.3) is 5.91 Å². The van der Waals surface area contributed by atoms with E-state index >= 15 is 0 Å². The highest BCUT2D eigenvalue weighted by molar-refractivity contribution is 6.38. The molecule has 3 saturated heterocycles. The van der Waals surface area contributed by atoms with E-state index in [2.05, 4.69) is 0 Å². The maximum Gasteiger partial charge on any atom is 0.329 e. The Balaban J connectivity index is 1.58. The molecule has 4 fully saturated rings. The Morgan fingerprint density at radius 3 is 2.61 bits per heavy atom. The second-order valence-electron chi connectivity index (χ2n) is 9.47. The molecule has 2 amide bonds. The van der Waals surface area contributed by atoms with Gasteiger partial charge in [-0.15, -0.1) is 0 Å². The van der Waals surface area contributed by atoms with Crippen molar-refractivity contribution in [3.05, 3.63) is 17.7 Å². The largest absolute Gasteiger partial charge is 0.493 e. The van der Waals surface area contributed by atoms with Gasteiger partial charge in [0.15, 0.2) is 11.5 Å². The van der Waals surface area contributed by atoms with Crippen molar-refractivity contribution in [1.82, 2.24) is 4.90 Å². The molecule has 174 valence electrons. The Kier molecular flexibility index (Phi) is 4.15. The molecule has 1 aromatic rings. The standard InChI is InChI=1S/C23H24N2O8/c1-31-13-6-11-12(7-14(13)32-2)25-17(26)8-15(33-9-18(27)28)19-10-5-16-23(11,21(19)25)3-4-24(16)22(30)20(10)29/h6-7,10,15-16,19,21H,3-5,8-9H2,1-2H3,(H,27,28)/t10-,15+,16-,19+,21+,23+/m1/s1. The van der Waals surface area contributed by atoms with E-state index in [1.54, 1.807) is 23.0 Å². The lowest BCUT2D eigenvalue weighted by molar-refractivity contribution is -0.166. The lowest BCUT2D eigenvalue weighted by atomic mass is 9.54. The van der Waals surface area contributed by atoms with Crippen LogP contribution in [0.25, 0.3) is 0 Å². The van der Waals surface area contributed by atoms with Gasteiger partial charge in [0.1, 0.15) is 6.61 Å². The van der Waals surface area contributed by atoms with Crippen LogP contribution < -0.4 is 14.4 Å². The van der Waals surface area contributed by atoms with Gasteiger partial charge in [0, 0.05) is 35.9 Å². The van der Waals surface area contributed by atoms with Gasteiger partial charge in [-0.2, -0.15) is 0 Å². The zero-order chi connectivity index (χ0) is 23.2. The number of hydrogen-bond acceptors (Lipinski definition) is 7. The number of rotatable bonds is 5. The van der Waals surface area contributed by atoms with Crippen molar-refractivity contribution in [3.63, 3.8) is 0 Å². The molecule has 2 bridgehead atoms. The second kappa shape index (κ2) is 6.69. The van der Waals surface area contributed by atoms with Crippen LogP contribution in [0.4, 0.5) is 5.69 Å². The number of anilines is 1. The third-order valence-electron chi connectivity index (χ3n) is 8.42. The topological polar surface area (TPSA) is 123 Å². The van der Waals surface area contributed by atoms with Crippen LogP contribution in [-0.2, 0) is 29.3 Å². The van der Waals surface area contributed by atoms with Crippen LogP contribution in [0.3, 0.4) is 0 Å². The minimum Gasteiger partial charge on any atom is -0.493 e. The molecule has 1 aliphatic carbocycles. The monoisotopic (exact) mass is 456 g/mol. The molecular formula is C23H24N2O8. The molecule has 4 heterocycles. The highest BCUT2D eigenvalue weighted by atomic mass is 16.5. The van der Waals surface area contributed by atoms with Crippen LogP contribution in [0.1, 0.15) is 24.8 Å². The second-order valence-corrected chi connectivity index (χ2v) is 9.47. The third kappa shape index (κ3) is 2.36. The summed E-state index contributed by atoms with van der Waals surface area (Å²) in [4.78, 5) is 54.3. The molecule has 1 N–H and O–H groups in total. The zero-order valence-electron chi connectivity index (χ0n) is 18.3. The average Bonchev–Trinajstić information content (AvgIpc) is 3.34. The zero-order valence-corrected chi connectivity index (χ0v) is 18.3. The average molecular weight is 456 g/mol. The number of carboxylic acid groups (broad SMARTS) is 1. The smallest absolute Gasteiger partial charge is 0.329 e. The molecule has 4 aliphatic heterocycles. The summed E-state index contributed by atoms with van der Waals surface area (Å²) in [5.74, 6) is -2.33. The number of Topliss-reactive ketones (excluding diaryl/α,β-unsaturated/α-hetero) is 1. The van der Waals surface area contributed by atoms with Gasteiger partial charge >= 0.3 is 5.97 Å². The molecule has 1 aromatic carbocycles. The van der Waals surface area contributed by atoms with Crippen molar-refractivity contribution in [2.75, 3.05) is 32.3 Å². The maximum absolute atomic E-state index is 13.5. The minimum atomic E-state index is -1.14. The fraction of sp³-hybridized carbons (Fsp3) is 0.565. The molecule has 1 saturated carbocycles. The van der Waals surface area contributed by atoms with Gasteiger partial charge in [-0.3, -0.25) is 14.4 Å². The quantitative estimate of drug-likeness (QED) is 0.630. The van der Waals surface area contributed by atoms with Crippen molar-refractivity contribution in [2.24, 2.45) is 11.8 Å². The highest BCUT2D eigenvalue weighted by Crippen LogP contribution is 2.65. The van der Waals surface area contributed by atoms with Crippen molar-refractivity contribution >= 4 is 29.3 Å². The number of fused-ring (bicyclic) bond motifs is 4. The number of piperidine rings is 2. The number of hydrogen-bond donors (Lipinski definition) is 1. The number of carbonyl (C=O) groups excluding carboxylic acids is 3. The van der Waals surface area contributed by atoms with E-state index in [4.69, 9.17) is 14.2 Å². The van der Waals surface area contributed by atoms with E-state index in [0.29, 0.717) is 36.6 Å². The maximum atomic E-state index is 13.5. The normalized spacial score (nSPS) is 35.5.